The summed E-state index contributed by atoms with van der Waals surface area (Å²) < 4.78 is 0. The van der Waals surface area contributed by atoms with Crippen LogP contribution in [0, 0.1) is 11.8 Å². The van der Waals surface area contributed by atoms with Crippen LogP contribution in [-0.2, 0) is 6.42 Å². The zero-order chi connectivity index (χ0) is 11.8. The van der Waals surface area contributed by atoms with Gasteiger partial charge in [-0.05, 0) is 30.5 Å². The van der Waals surface area contributed by atoms with Crippen molar-refractivity contribution in [1.29, 1.82) is 0 Å². The molecule has 0 N–H and O–H groups in total. The van der Waals surface area contributed by atoms with Crippen LogP contribution in [0.25, 0.3) is 0 Å². The highest BCUT2D eigenvalue weighted by atomic mass is 14.0. The lowest BCUT2D eigenvalue weighted by molar-refractivity contribution is 0.795. The Balaban J connectivity index is 2.66. The van der Waals surface area contributed by atoms with Crippen molar-refractivity contribution in [2.24, 2.45) is 0 Å². The van der Waals surface area contributed by atoms with Crippen molar-refractivity contribution < 1.29 is 0 Å². The Hall–Kier alpha value is -1.74. The molecule has 0 atom stereocenters. The van der Waals surface area contributed by atoms with Crippen LogP contribution < -0.4 is 0 Å². The number of benzene rings is 1. The fourth-order valence-electron chi connectivity index (χ4n) is 1.34. The van der Waals surface area contributed by atoms with Gasteiger partial charge in [0.1, 0.15) is 0 Å². The summed E-state index contributed by atoms with van der Waals surface area (Å²) in [6, 6.07) is 8.43. The minimum atomic E-state index is 0.759. The van der Waals surface area contributed by atoms with Gasteiger partial charge in [0.25, 0.3) is 0 Å². The highest BCUT2D eigenvalue weighted by Crippen LogP contribution is 2.07. The standard InChI is InChI=1S/C16H18/c1-4-6-7-15-10-12-16(13-11-15)9-8-14(3)5-2/h5,10-13H,2-4,6-7H2,1H3. The maximum Gasteiger partial charge on any atom is 0.0249 e. The molecule has 0 heteroatoms. The molecule has 82 valence electrons. The van der Waals surface area contributed by atoms with Gasteiger partial charge in [-0.2, -0.15) is 0 Å². The second-order valence-electron chi connectivity index (χ2n) is 3.78. The number of aryl methyl sites for hydroxylation is 1. The van der Waals surface area contributed by atoms with Gasteiger partial charge in [-0.25, -0.2) is 0 Å². The first kappa shape index (κ1) is 12.3. The fourth-order valence-corrected chi connectivity index (χ4v) is 1.34. The molecule has 1 rings (SSSR count). The molecule has 0 bridgehead atoms. The van der Waals surface area contributed by atoms with E-state index in [1.165, 1.54) is 18.4 Å². The molecule has 0 unspecified atom stereocenters. The molecule has 0 aromatic heterocycles. The Labute approximate surface area is 98.7 Å². The Bertz CT molecular complexity index is 410. The number of allylic oxidation sites excluding steroid dienone is 2. The van der Waals surface area contributed by atoms with Crippen molar-refractivity contribution in [3.8, 4) is 11.8 Å². The normalized spacial score (nSPS) is 9.06. The lowest BCUT2D eigenvalue weighted by Gasteiger charge is -1.99. The summed E-state index contributed by atoms with van der Waals surface area (Å²) in [6.07, 6.45) is 5.31. The molecule has 16 heavy (non-hydrogen) atoms. The van der Waals surface area contributed by atoms with Crippen LogP contribution in [0.1, 0.15) is 30.9 Å². The third-order valence-electron chi connectivity index (χ3n) is 2.39. The molecule has 0 saturated carbocycles. The van der Waals surface area contributed by atoms with Crippen LogP contribution in [0.4, 0.5) is 0 Å². The smallest absolute Gasteiger partial charge is 0.0249 e. The minimum Gasteiger partial charge on any atom is -0.0978 e. The van der Waals surface area contributed by atoms with Crippen LogP contribution in [0.2, 0.25) is 0 Å². The van der Waals surface area contributed by atoms with Gasteiger partial charge < -0.3 is 0 Å². The average Bonchev–Trinajstić information content (AvgIpc) is 2.34. The zero-order valence-corrected chi connectivity index (χ0v) is 9.92. The first-order valence-corrected chi connectivity index (χ1v) is 5.68. The van der Waals surface area contributed by atoms with E-state index in [0.717, 1.165) is 17.6 Å². The highest BCUT2D eigenvalue weighted by molar-refractivity contribution is 5.43. The first-order valence-electron chi connectivity index (χ1n) is 5.68. The quantitative estimate of drug-likeness (QED) is 0.518. The molecule has 0 aliphatic rings. The molecule has 0 aliphatic carbocycles. The second kappa shape index (κ2) is 6.69. The molecule has 0 amide bonds. The van der Waals surface area contributed by atoms with Crippen molar-refractivity contribution in [2.75, 3.05) is 0 Å². The zero-order valence-electron chi connectivity index (χ0n) is 9.92. The molecule has 1 aromatic rings. The van der Waals surface area contributed by atoms with E-state index >= 15 is 0 Å². The molecule has 0 nitrogen and oxygen atoms in total. The molecular formula is C16H18. The molecule has 0 saturated heterocycles. The lowest BCUT2D eigenvalue weighted by Crippen LogP contribution is -1.84. The van der Waals surface area contributed by atoms with E-state index in [0.29, 0.717) is 0 Å². The average molecular weight is 210 g/mol. The van der Waals surface area contributed by atoms with E-state index < -0.39 is 0 Å². The van der Waals surface area contributed by atoms with Gasteiger partial charge in [0.2, 0.25) is 0 Å². The molecule has 0 aliphatic heterocycles. The highest BCUT2D eigenvalue weighted by Gasteiger charge is 1.92. The van der Waals surface area contributed by atoms with Gasteiger partial charge in [0, 0.05) is 11.1 Å². The van der Waals surface area contributed by atoms with Gasteiger partial charge in [-0.3, -0.25) is 0 Å². The van der Waals surface area contributed by atoms with Gasteiger partial charge in [0.05, 0.1) is 0 Å². The Morgan fingerprint density at radius 2 is 2.00 bits per heavy atom. The van der Waals surface area contributed by atoms with Crippen molar-refractivity contribution >= 4 is 0 Å². The molecule has 0 spiro atoms. The van der Waals surface area contributed by atoms with E-state index in [-0.39, 0.29) is 0 Å². The van der Waals surface area contributed by atoms with Crippen LogP contribution in [0.5, 0.6) is 0 Å². The number of unbranched alkanes of at least 4 members (excludes halogenated alkanes) is 1. The van der Waals surface area contributed by atoms with Crippen molar-refractivity contribution in [3.05, 3.63) is 60.2 Å². The van der Waals surface area contributed by atoms with E-state index in [4.69, 9.17) is 0 Å². The predicted molar refractivity (Wildman–Crippen MR) is 71.3 cm³/mol. The van der Waals surface area contributed by atoms with Crippen LogP contribution in [0.15, 0.2) is 49.1 Å². The van der Waals surface area contributed by atoms with Crippen LogP contribution in [0.3, 0.4) is 0 Å². The van der Waals surface area contributed by atoms with Crippen molar-refractivity contribution in [1.82, 2.24) is 0 Å². The maximum absolute atomic E-state index is 3.75. The minimum absolute atomic E-state index is 0.759. The van der Waals surface area contributed by atoms with Gasteiger partial charge in [0.15, 0.2) is 0 Å². The fraction of sp³-hybridized carbons (Fsp3) is 0.250. The Morgan fingerprint density at radius 3 is 2.56 bits per heavy atom. The summed E-state index contributed by atoms with van der Waals surface area (Å²) in [5, 5.41) is 0. The summed E-state index contributed by atoms with van der Waals surface area (Å²) in [7, 11) is 0. The number of rotatable bonds is 4. The molecule has 1 aromatic carbocycles. The Morgan fingerprint density at radius 1 is 1.31 bits per heavy atom. The molecular weight excluding hydrogens is 192 g/mol. The molecule has 0 heterocycles. The molecule has 0 fully saturated rings. The van der Waals surface area contributed by atoms with Crippen LogP contribution >= 0.6 is 0 Å². The Kier molecular flexibility index (Phi) is 5.16. The van der Waals surface area contributed by atoms with E-state index in [2.05, 4.69) is 56.2 Å². The third-order valence-corrected chi connectivity index (χ3v) is 2.39. The van der Waals surface area contributed by atoms with Crippen molar-refractivity contribution in [3.63, 3.8) is 0 Å². The van der Waals surface area contributed by atoms with E-state index in [9.17, 15) is 0 Å². The topological polar surface area (TPSA) is 0 Å². The summed E-state index contributed by atoms with van der Waals surface area (Å²) in [5.41, 5.74) is 3.17. The first-order chi connectivity index (χ1) is 7.76. The van der Waals surface area contributed by atoms with Gasteiger partial charge >= 0.3 is 0 Å². The summed E-state index contributed by atoms with van der Waals surface area (Å²) in [4.78, 5) is 0. The van der Waals surface area contributed by atoms with Gasteiger partial charge in [-0.15, -0.1) is 0 Å². The van der Waals surface area contributed by atoms with Gasteiger partial charge in [-0.1, -0.05) is 56.6 Å². The largest absolute Gasteiger partial charge is 0.0978 e. The number of hydrogen-bond donors (Lipinski definition) is 0. The monoisotopic (exact) mass is 210 g/mol. The van der Waals surface area contributed by atoms with E-state index in [1.807, 2.05) is 0 Å². The predicted octanol–water partition coefficient (Wildman–Crippen LogP) is 4.12. The molecule has 0 radical (unpaired) electrons. The summed E-state index contributed by atoms with van der Waals surface area (Å²) in [6.45, 7) is 9.58. The lowest BCUT2D eigenvalue weighted by atomic mass is 10.1. The SMILES string of the molecule is C=CC(=C)C#Cc1ccc(CCCC)cc1. The third kappa shape index (κ3) is 4.19. The van der Waals surface area contributed by atoms with Crippen LogP contribution in [-0.4, -0.2) is 0 Å². The summed E-state index contributed by atoms with van der Waals surface area (Å²) >= 11 is 0. The van der Waals surface area contributed by atoms with E-state index in [1.54, 1.807) is 6.08 Å². The number of hydrogen-bond acceptors (Lipinski definition) is 0. The second-order valence-corrected chi connectivity index (χ2v) is 3.78. The summed E-state index contributed by atoms with van der Waals surface area (Å²) in [5.74, 6) is 6.01. The maximum atomic E-state index is 3.75. The van der Waals surface area contributed by atoms with Crippen molar-refractivity contribution in [2.45, 2.75) is 26.2 Å².